The number of ether oxygens (including phenoxy) is 2. The average Bonchev–Trinajstić information content (AvgIpc) is 3.32. The molecule has 1 fully saturated rings. The zero-order valence-electron chi connectivity index (χ0n) is 22.5. The van der Waals surface area contributed by atoms with Crippen LogP contribution in [0.1, 0.15) is 47.7 Å². The van der Waals surface area contributed by atoms with Crippen molar-refractivity contribution in [2.45, 2.75) is 32.6 Å². The van der Waals surface area contributed by atoms with Crippen LogP contribution in [-0.2, 0) is 11.2 Å². The number of ketones is 1. The van der Waals surface area contributed by atoms with E-state index in [-0.39, 0.29) is 23.5 Å². The van der Waals surface area contributed by atoms with Crippen molar-refractivity contribution >= 4 is 28.5 Å². The summed E-state index contributed by atoms with van der Waals surface area (Å²) in [6.07, 6.45) is 11.2. The fraction of sp³-hybridized carbons (Fsp3) is 0.281. The Labute approximate surface area is 232 Å². The number of Topliss-reactive ketones (excluding diaryl/α,β-unsaturated/α-hetero) is 1. The first kappa shape index (κ1) is 27.4. The van der Waals surface area contributed by atoms with E-state index in [0.717, 1.165) is 16.9 Å². The first-order chi connectivity index (χ1) is 19.4. The van der Waals surface area contributed by atoms with Crippen molar-refractivity contribution < 1.29 is 23.0 Å². The van der Waals surface area contributed by atoms with Gasteiger partial charge in [-0.2, -0.15) is 4.39 Å². The lowest BCUT2D eigenvalue weighted by molar-refractivity contribution is -0.0281. The number of methoxy groups -OCH3 is 1. The van der Waals surface area contributed by atoms with E-state index in [1.165, 1.54) is 19.2 Å². The zero-order chi connectivity index (χ0) is 28.2. The van der Waals surface area contributed by atoms with Crippen LogP contribution in [0.15, 0.2) is 77.1 Å². The second kappa shape index (κ2) is 11.9. The maximum atomic E-state index is 15.0. The van der Waals surface area contributed by atoms with Crippen LogP contribution in [0.25, 0.3) is 5.57 Å². The Hall–Kier alpha value is -4.17. The number of hydrogen-bond acceptors (Lipinski definition) is 6. The number of nitrogens with zero attached hydrogens (tertiary/aromatic N) is 1. The smallest absolute Gasteiger partial charge is 0.201 e. The van der Waals surface area contributed by atoms with Crippen LogP contribution in [0.4, 0.5) is 14.5 Å². The normalized spacial score (nSPS) is 19.9. The lowest BCUT2D eigenvalue weighted by atomic mass is 9.92. The number of carbonyl (C=O) groups is 1. The minimum Gasteiger partial charge on any atom is -0.494 e. The summed E-state index contributed by atoms with van der Waals surface area (Å²) in [5.41, 5.74) is 5.30. The van der Waals surface area contributed by atoms with Crippen molar-refractivity contribution in [2.24, 2.45) is 10.9 Å². The van der Waals surface area contributed by atoms with Crippen LogP contribution >= 0.6 is 0 Å². The maximum absolute atomic E-state index is 15.0. The summed E-state index contributed by atoms with van der Waals surface area (Å²) in [4.78, 5) is 17.6. The predicted octanol–water partition coefficient (Wildman–Crippen LogP) is 6.84. The number of hydrogen-bond donors (Lipinski definition) is 2. The predicted molar refractivity (Wildman–Crippen MR) is 153 cm³/mol. The lowest BCUT2D eigenvalue weighted by Crippen LogP contribution is -2.30. The van der Waals surface area contributed by atoms with Gasteiger partial charge in [-0.3, -0.25) is 9.79 Å². The molecule has 2 aliphatic heterocycles. The van der Waals surface area contributed by atoms with Crippen molar-refractivity contribution in [3.63, 3.8) is 0 Å². The molecule has 206 valence electrons. The van der Waals surface area contributed by atoms with E-state index in [1.54, 1.807) is 12.3 Å². The number of fused-ring (bicyclic) bond motifs is 1. The van der Waals surface area contributed by atoms with Gasteiger partial charge in [-0.25, -0.2) is 4.39 Å². The molecule has 1 saturated heterocycles. The molecule has 0 saturated carbocycles. The summed E-state index contributed by atoms with van der Waals surface area (Å²) < 4.78 is 39.5. The fourth-order valence-corrected chi connectivity index (χ4v) is 5.03. The highest BCUT2D eigenvalue weighted by Crippen LogP contribution is 2.36. The largest absolute Gasteiger partial charge is 0.494 e. The summed E-state index contributed by atoms with van der Waals surface area (Å²) in [6, 6.07) is 8.48. The molecular formula is C32H31F2N3O3. The molecule has 40 heavy (non-hydrogen) atoms. The topological polar surface area (TPSA) is 83.8 Å². The molecule has 3 aliphatic rings. The molecule has 6 nitrogen and oxygen atoms in total. The highest BCUT2D eigenvalue weighted by atomic mass is 19.2. The van der Waals surface area contributed by atoms with Gasteiger partial charge in [-0.1, -0.05) is 31.2 Å². The van der Waals surface area contributed by atoms with Crippen molar-refractivity contribution in [1.82, 2.24) is 0 Å². The first-order valence-corrected chi connectivity index (χ1v) is 13.3. The number of anilines is 1. The van der Waals surface area contributed by atoms with Gasteiger partial charge in [0.1, 0.15) is 0 Å². The molecule has 2 aromatic carbocycles. The highest BCUT2D eigenvalue weighted by Gasteiger charge is 2.27. The number of halogens is 2. The van der Waals surface area contributed by atoms with Gasteiger partial charge in [0.2, 0.25) is 5.82 Å². The van der Waals surface area contributed by atoms with Crippen LogP contribution < -0.4 is 10.1 Å². The van der Waals surface area contributed by atoms with E-state index in [4.69, 9.17) is 14.9 Å². The van der Waals surface area contributed by atoms with E-state index in [9.17, 15) is 13.6 Å². The third-order valence-electron chi connectivity index (χ3n) is 7.22. The van der Waals surface area contributed by atoms with Crippen LogP contribution in [-0.4, -0.2) is 37.5 Å². The molecule has 2 heterocycles. The Kier molecular flexibility index (Phi) is 8.16. The summed E-state index contributed by atoms with van der Waals surface area (Å²) in [6.45, 7) is 3.31. The molecule has 1 aliphatic carbocycles. The second-order valence-electron chi connectivity index (χ2n) is 9.99. The number of allylic oxidation sites excluding steroid dienone is 6. The number of nitrogens with one attached hydrogen (secondary N) is 2. The Morgan fingerprint density at radius 1 is 1.18 bits per heavy atom. The molecule has 0 bridgehead atoms. The van der Waals surface area contributed by atoms with Gasteiger partial charge in [-0.15, -0.1) is 0 Å². The molecule has 0 spiro atoms. The van der Waals surface area contributed by atoms with Gasteiger partial charge in [-0.05, 0) is 55.2 Å². The minimum absolute atomic E-state index is 0.0584. The molecule has 5 rings (SSSR count). The number of aryl methyl sites for hydroxylation is 1. The van der Waals surface area contributed by atoms with Crippen molar-refractivity contribution in [2.75, 3.05) is 25.6 Å². The number of carbonyl (C=O) groups excluding carboxylic acids is 1. The summed E-state index contributed by atoms with van der Waals surface area (Å²) in [7, 11) is 1.29. The van der Waals surface area contributed by atoms with Crippen molar-refractivity contribution in [3.05, 3.63) is 100 Å². The minimum atomic E-state index is -1.04. The molecule has 0 amide bonds. The highest BCUT2D eigenvalue weighted by molar-refractivity contribution is 6.25. The Morgan fingerprint density at radius 2 is 2.00 bits per heavy atom. The Bertz CT molecular complexity index is 1510. The summed E-state index contributed by atoms with van der Waals surface area (Å²) >= 11 is 0. The monoisotopic (exact) mass is 543 g/mol. The third kappa shape index (κ3) is 5.58. The van der Waals surface area contributed by atoms with Crippen LogP contribution in [0.5, 0.6) is 5.75 Å². The van der Waals surface area contributed by atoms with Gasteiger partial charge < -0.3 is 20.2 Å². The number of aliphatic imine (C=N–C) groups is 1. The Balaban J connectivity index is 1.35. The molecule has 0 unspecified atom stereocenters. The van der Waals surface area contributed by atoms with E-state index in [1.807, 2.05) is 43.4 Å². The quantitative estimate of drug-likeness (QED) is 0.254. The van der Waals surface area contributed by atoms with Gasteiger partial charge in [0.15, 0.2) is 17.3 Å². The Morgan fingerprint density at radius 3 is 2.73 bits per heavy atom. The second-order valence-corrected chi connectivity index (χ2v) is 9.99. The number of benzene rings is 2. The van der Waals surface area contributed by atoms with Crippen LogP contribution in [0, 0.1) is 23.0 Å². The molecule has 0 atom stereocenters. The summed E-state index contributed by atoms with van der Waals surface area (Å²) in [5.74, 6) is -1.91. The SMILES string of the molecule is CCc1cc(N/C2=C\C/C=C\C=C3\C(c4ccc(OC)c(F)c4F)=CN=C23)ccc1C(=O)CC(=N)CC1COC1. The molecule has 8 heteroatoms. The van der Waals surface area contributed by atoms with Crippen molar-refractivity contribution in [3.8, 4) is 5.75 Å². The first-order valence-electron chi connectivity index (χ1n) is 13.3. The van der Waals surface area contributed by atoms with Gasteiger partial charge >= 0.3 is 0 Å². The van der Waals surface area contributed by atoms with E-state index < -0.39 is 11.6 Å². The van der Waals surface area contributed by atoms with Gasteiger partial charge in [0, 0.05) is 52.2 Å². The van der Waals surface area contributed by atoms with E-state index in [2.05, 4.69) is 10.3 Å². The third-order valence-corrected chi connectivity index (χ3v) is 7.22. The molecule has 0 radical (unpaired) electrons. The molecule has 2 aromatic rings. The molecular weight excluding hydrogens is 512 g/mol. The maximum Gasteiger partial charge on any atom is 0.201 e. The number of rotatable bonds is 10. The molecule has 2 N–H and O–H groups in total. The van der Waals surface area contributed by atoms with Crippen LogP contribution in [0.3, 0.4) is 0 Å². The van der Waals surface area contributed by atoms with E-state index >= 15 is 0 Å². The molecule has 0 aromatic heterocycles. The average molecular weight is 544 g/mol. The van der Waals surface area contributed by atoms with Gasteiger partial charge in [0.05, 0.1) is 31.7 Å². The van der Waals surface area contributed by atoms with Gasteiger partial charge in [0.25, 0.3) is 0 Å². The van der Waals surface area contributed by atoms with E-state index in [0.29, 0.717) is 66.5 Å². The standard InChI is InChI=1S/C32H31F2N3O3/c1-3-20-14-22(9-10-23(20)28(38)15-21(35)13-19-17-40-18-19)37-27-8-6-4-5-7-25-26(16-36-32(25)27)24-11-12-29(39-2)31(34)30(24)33/h4-5,7-12,14,16,19,35,37H,3,6,13,15,17-18H2,1-2H3/b5-4-,25-7-,27-8-,35-21?. The zero-order valence-corrected chi connectivity index (χ0v) is 22.5. The van der Waals surface area contributed by atoms with Crippen LogP contribution in [0.2, 0.25) is 0 Å². The summed E-state index contributed by atoms with van der Waals surface area (Å²) in [5, 5.41) is 11.7. The fourth-order valence-electron chi connectivity index (χ4n) is 5.03. The van der Waals surface area contributed by atoms with Crippen molar-refractivity contribution in [1.29, 1.82) is 5.41 Å². The lowest BCUT2D eigenvalue weighted by Gasteiger charge is -2.25.